The van der Waals surface area contributed by atoms with E-state index >= 15 is 0 Å². The summed E-state index contributed by atoms with van der Waals surface area (Å²) in [7, 11) is 3.08. The standard InChI is InChI=1S/C25H22N4O3S/c1-31-21-11-16(13-26)20(12-22(21)32-2)28-14-15-8-9-19-18(10-15)24(23(29-19)25(27)30)33-17-6-4-3-5-7-17/h3-12,28-29H,14H2,1-2H3,(H2,27,30). The highest BCUT2D eigenvalue weighted by atomic mass is 32.2. The van der Waals surface area contributed by atoms with E-state index in [9.17, 15) is 10.1 Å². The second kappa shape index (κ2) is 9.59. The van der Waals surface area contributed by atoms with Gasteiger partial charge < -0.3 is 25.5 Å². The summed E-state index contributed by atoms with van der Waals surface area (Å²) < 4.78 is 10.6. The number of H-pyrrole nitrogens is 1. The Hall–Kier alpha value is -4.09. The van der Waals surface area contributed by atoms with Crippen molar-refractivity contribution in [1.82, 2.24) is 4.98 Å². The summed E-state index contributed by atoms with van der Waals surface area (Å²) in [6.45, 7) is 0.465. The molecular formula is C25H22N4O3S. The second-order valence-electron chi connectivity index (χ2n) is 7.21. The van der Waals surface area contributed by atoms with E-state index in [0.717, 1.165) is 26.3 Å². The van der Waals surface area contributed by atoms with Gasteiger partial charge in [0.25, 0.3) is 5.91 Å². The van der Waals surface area contributed by atoms with Crippen LogP contribution in [0.25, 0.3) is 10.9 Å². The number of hydrogen-bond donors (Lipinski definition) is 3. The minimum atomic E-state index is -0.506. The zero-order chi connectivity index (χ0) is 23.4. The van der Waals surface area contributed by atoms with E-state index in [4.69, 9.17) is 15.2 Å². The lowest BCUT2D eigenvalue weighted by Crippen LogP contribution is -2.12. The van der Waals surface area contributed by atoms with Crippen LogP contribution in [0.4, 0.5) is 5.69 Å². The first-order chi connectivity index (χ1) is 16.0. The molecule has 4 rings (SSSR count). The van der Waals surface area contributed by atoms with Crippen molar-refractivity contribution in [1.29, 1.82) is 5.26 Å². The predicted octanol–water partition coefficient (Wildman–Crippen LogP) is 4.92. The summed E-state index contributed by atoms with van der Waals surface area (Å²) >= 11 is 1.49. The number of anilines is 1. The third-order valence-electron chi connectivity index (χ3n) is 5.15. The molecule has 0 atom stereocenters. The van der Waals surface area contributed by atoms with Gasteiger partial charge in [-0.25, -0.2) is 0 Å². The average molecular weight is 459 g/mol. The number of fused-ring (bicyclic) bond motifs is 1. The fourth-order valence-corrected chi connectivity index (χ4v) is 4.59. The van der Waals surface area contributed by atoms with Gasteiger partial charge in [-0.2, -0.15) is 5.26 Å². The van der Waals surface area contributed by atoms with Crippen molar-refractivity contribution < 1.29 is 14.3 Å². The third kappa shape index (κ3) is 4.59. The van der Waals surface area contributed by atoms with Crippen molar-refractivity contribution >= 4 is 34.3 Å². The number of benzene rings is 3. The number of rotatable bonds is 8. The Labute approximate surface area is 195 Å². The van der Waals surface area contributed by atoms with Gasteiger partial charge in [0, 0.05) is 34.5 Å². The van der Waals surface area contributed by atoms with Crippen molar-refractivity contribution in [2.75, 3.05) is 19.5 Å². The Morgan fingerprint density at radius 2 is 1.82 bits per heavy atom. The fourth-order valence-electron chi connectivity index (χ4n) is 3.53. The number of aromatic amines is 1. The highest BCUT2D eigenvalue weighted by molar-refractivity contribution is 7.99. The van der Waals surface area contributed by atoms with Crippen LogP contribution in [0.3, 0.4) is 0 Å². The number of amides is 1. The van der Waals surface area contributed by atoms with Crippen molar-refractivity contribution in [2.45, 2.75) is 16.3 Å². The molecule has 0 aliphatic rings. The van der Waals surface area contributed by atoms with Crippen molar-refractivity contribution in [3.8, 4) is 17.6 Å². The van der Waals surface area contributed by atoms with E-state index in [1.54, 1.807) is 19.2 Å². The molecule has 1 aromatic heterocycles. The maximum absolute atomic E-state index is 12.1. The smallest absolute Gasteiger partial charge is 0.266 e. The molecule has 0 radical (unpaired) electrons. The summed E-state index contributed by atoms with van der Waals surface area (Å²) in [6, 6.07) is 21.3. The molecule has 4 aromatic rings. The Kier molecular flexibility index (Phi) is 6.43. The fraction of sp³-hybridized carbons (Fsp3) is 0.120. The normalized spacial score (nSPS) is 10.6. The Morgan fingerprint density at radius 3 is 2.48 bits per heavy atom. The Balaban J connectivity index is 1.67. The molecule has 0 fully saturated rings. The van der Waals surface area contributed by atoms with Crippen molar-refractivity contribution in [2.24, 2.45) is 5.73 Å². The lowest BCUT2D eigenvalue weighted by atomic mass is 10.1. The second-order valence-corrected chi connectivity index (χ2v) is 8.29. The number of nitrogens with zero attached hydrogens (tertiary/aromatic N) is 1. The largest absolute Gasteiger partial charge is 0.493 e. The molecule has 0 spiro atoms. The van der Waals surface area contributed by atoms with E-state index in [1.165, 1.54) is 18.9 Å². The van der Waals surface area contributed by atoms with Gasteiger partial charge >= 0.3 is 0 Å². The molecule has 166 valence electrons. The molecule has 0 unspecified atom stereocenters. The first kappa shape index (κ1) is 22.1. The zero-order valence-corrected chi connectivity index (χ0v) is 19.0. The summed E-state index contributed by atoms with van der Waals surface area (Å²) in [5, 5.41) is 13.7. The van der Waals surface area contributed by atoms with E-state index in [1.807, 2.05) is 48.5 Å². The molecule has 3 aromatic carbocycles. The van der Waals surface area contributed by atoms with Gasteiger partial charge in [-0.05, 0) is 29.8 Å². The van der Waals surface area contributed by atoms with Gasteiger partial charge in [-0.1, -0.05) is 36.0 Å². The van der Waals surface area contributed by atoms with E-state index < -0.39 is 5.91 Å². The average Bonchev–Trinajstić information content (AvgIpc) is 3.20. The molecule has 0 saturated heterocycles. The summed E-state index contributed by atoms with van der Waals surface area (Å²) in [6.07, 6.45) is 0. The molecule has 0 bridgehead atoms. The first-order valence-corrected chi connectivity index (χ1v) is 10.9. The zero-order valence-electron chi connectivity index (χ0n) is 18.1. The van der Waals surface area contributed by atoms with Gasteiger partial charge in [-0.15, -0.1) is 0 Å². The van der Waals surface area contributed by atoms with Crippen LogP contribution in [0.5, 0.6) is 11.5 Å². The Bertz CT molecular complexity index is 1360. The molecular weight excluding hydrogens is 436 g/mol. The van der Waals surface area contributed by atoms with Gasteiger partial charge in [0.05, 0.1) is 30.4 Å². The predicted molar refractivity (Wildman–Crippen MR) is 129 cm³/mol. The topological polar surface area (TPSA) is 113 Å². The number of carbonyl (C=O) groups is 1. The molecule has 7 nitrogen and oxygen atoms in total. The number of methoxy groups -OCH3 is 2. The number of hydrogen-bond acceptors (Lipinski definition) is 6. The Morgan fingerprint density at radius 1 is 1.09 bits per heavy atom. The lowest BCUT2D eigenvalue weighted by molar-refractivity contribution is 0.0993. The highest BCUT2D eigenvalue weighted by Crippen LogP contribution is 2.37. The lowest BCUT2D eigenvalue weighted by Gasteiger charge is -2.13. The van der Waals surface area contributed by atoms with Crippen LogP contribution in [0.1, 0.15) is 21.6 Å². The van der Waals surface area contributed by atoms with Crippen LogP contribution in [0, 0.1) is 11.3 Å². The van der Waals surface area contributed by atoms with Crippen LogP contribution in [0.2, 0.25) is 0 Å². The van der Waals surface area contributed by atoms with Crippen LogP contribution < -0.4 is 20.5 Å². The third-order valence-corrected chi connectivity index (χ3v) is 6.29. The number of carbonyl (C=O) groups excluding carboxylic acids is 1. The van der Waals surface area contributed by atoms with Gasteiger partial charge in [-0.3, -0.25) is 4.79 Å². The minimum Gasteiger partial charge on any atom is -0.493 e. The molecule has 33 heavy (non-hydrogen) atoms. The number of nitrogens with one attached hydrogen (secondary N) is 2. The number of ether oxygens (including phenoxy) is 2. The van der Waals surface area contributed by atoms with E-state index in [-0.39, 0.29) is 0 Å². The molecule has 0 saturated carbocycles. The van der Waals surface area contributed by atoms with Crippen molar-refractivity contribution in [3.05, 3.63) is 77.5 Å². The van der Waals surface area contributed by atoms with E-state index in [0.29, 0.717) is 35.0 Å². The van der Waals surface area contributed by atoms with Crippen molar-refractivity contribution in [3.63, 3.8) is 0 Å². The first-order valence-electron chi connectivity index (χ1n) is 10.1. The summed E-state index contributed by atoms with van der Waals surface area (Å²) in [5.41, 5.74) is 8.92. The molecule has 1 amide bonds. The number of aromatic nitrogens is 1. The van der Waals surface area contributed by atoms with Gasteiger partial charge in [0.1, 0.15) is 11.8 Å². The number of primary amides is 1. The van der Waals surface area contributed by atoms with Gasteiger partial charge in [0.15, 0.2) is 11.5 Å². The van der Waals surface area contributed by atoms with E-state index in [2.05, 4.69) is 16.4 Å². The van der Waals surface area contributed by atoms with Crippen LogP contribution in [-0.4, -0.2) is 25.1 Å². The molecule has 4 N–H and O–H groups in total. The van der Waals surface area contributed by atoms with Gasteiger partial charge in [0.2, 0.25) is 0 Å². The molecule has 8 heteroatoms. The minimum absolute atomic E-state index is 0.385. The SMILES string of the molecule is COc1cc(C#N)c(NCc2ccc3[nH]c(C(N)=O)c(Sc4ccccc4)c3c2)cc1OC. The van der Waals surface area contributed by atoms with Crippen LogP contribution in [-0.2, 0) is 6.54 Å². The van der Waals surface area contributed by atoms with Crippen LogP contribution >= 0.6 is 11.8 Å². The van der Waals surface area contributed by atoms with Crippen LogP contribution in [0.15, 0.2) is 70.5 Å². The quantitative estimate of drug-likeness (QED) is 0.345. The highest BCUT2D eigenvalue weighted by Gasteiger charge is 2.18. The summed E-state index contributed by atoms with van der Waals surface area (Å²) in [5.74, 6) is 0.524. The molecule has 1 heterocycles. The monoisotopic (exact) mass is 458 g/mol. The maximum atomic E-state index is 12.1. The maximum Gasteiger partial charge on any atom is 0.266 e. The molecule has 0 aliphatic carbocycles. The molecule has 0 aliphatic heterocycles. The summed E-state index contributed by atoms with van der Waals surface area (Å²) in [4.78, 5) is 17.0. The number of nitriles is 1. The number of nitrogens with two attached hydrogens (primary N) is 1.